The lowest BCUT2D eigenvalue weighted by atomic mass is 9.92. The molecule has 6 rings (SSSR count). The standard InChI is InChI=1S/C33H42N6O3/c1-33(2,3)29-20-30(39(36-29)24-8-5-4-6-9-24)35-32(41)34-27-14-15-28(26-11-7-10-25(26)27)42-19-18-37-16-17-38(31(40)22-37)21-23-12-13-23/h4-6,8-9,14-15,20,23H,7,10-13,16-19,21-22H2,1-3H3,(H2,34,35,41). The van der Waals surface area contributed by atoms with Gasteiger partial charge in [0.2, 0.25) is 5.91 Å². The summed E-state index contributed by atoms with van der Waals surface area (Å²) in [7, 11) is 0. The summed E-state index contributed by atoms with van der Waals surface area (Å²) in [5.74, 6) is 2.47. The van der Waals surface area contributed by atoms with E-state index in [1.54, 1.807) is 4.68 Å². The second-order valence-corrected chi connectivity index (χ2v) is 12.8. The molecule has 9 heteroatoms. The fourth-order valence-corrected chi connectivity index (χ4v) is 5.84. The molecule has 222 valence electrons. The van der Waals surface area contributed by atoms with Crippen molar-refractivity contribution in [2.45, 2.75) is 58.3 Å². The highest BCUT2D eigenvalue weighted by Crippen LogP contribution is 2.36. The highest BCUT2D eigenvalue weighted by molar-refractivity contribution is 6.00. The molecule has 1 saturated carbocycles. The van der Waals surface area contributed by atoms with E-state index in [0.717, 1.165) is 79.7 Å². The first-order chi connectivity index (χ1) is 20.2. The second-order valence-electron chi connectivity index (χ2n) is 12.8. The summed E-state index contributed by atoms with van der Waals surface area (Å²) < 4.78 is 8.02. The summed E-state index contributed by atoms with van der Waals surface area (Å²) in [6.07, 6.45) is 5.39. The lowest BCUT2D eigenvalue weighted by Gasteiger charge is -2.34. The number of amides is 3. The SMILES string of the molecule is CC(C)(C)c1cc(NC(=O)Nc2ccc(OCCN3CCN(CC4CC4)C(=O)C3)c3c2CCC3)n(-c2ccccc2)n1. The largest absolute Gasteiger partial charge is 0.492 e. The number of urea groups is 1. The normalized spacial score (nSPS) is 17.3. The highest BCUT2D eigenvalue weighted by atomic mass is 16.5. The van der Waals surface area contributed by atoms with E-state index in [0.29, 0.717) is 19.0 Å². The van der Waals surface area contributed by atoms with Gasteiger partial charge in [-0.15, -0.1) is 0 Å². The molecule has 0 radical (unpaired) electrons. The summed E-state index contributed by atoms with van der Waals surface area (Å²) in [6.45, 7) is 10.7. The van der Waals surface area contributed by atoms with Crippen LogP contribution in [0, 0.1) is 5.92 Å². The van der Waals surface area contributed by atoms with E-state index in [-0.39, 0.29) is 17.4 Å². The summed E-state index contributed by atoms with van der Waals surface area (Å²) in [5, 5.41) is 10.9. The van der Waals surface area contributed by atoms with Crippen molar-refractivity contribution in [1.82, 2.24) is 19.6 Å². The predicted octanol–water partition coefficient (Wildman–Crippen LogP) is 5.24. The van der Waals surface area contributed by atoms with Crippen molar-refractivity contribution in [2.24, 2.45) is 5.92 Å². The van der Waals surface area contributed by atoms with Gasteiger partial charge < -0.3 is 15.0 Å². The van der Waals surface area contributed by atoms with Crippen LogP contribution in [0.4, 0.5) is 16.3 Å². The van der Waals surface area contributed by atoms with Gasteiger partial charge in [0.15, 0.2) is 0 Å². The maximum absolute atomic E-state index is 13.2. The van der Waals surface area contributed by atoms with Gasteiger partial charge in [-0.3, -0.25) is 15.0 Å². The van der Waals surface area contributed by atoms with E-state index in [1.807, 2.05) is 53.4 Å². The second kappa shape index (κ2) is 11.8. The fourth-order valence-electron chi connectivity index (χ4n) is 5.84. The zero-order valence-electron chi connectivity index (χ0n) is 25.0. The van der Waals surface area contributed by atoms with Crippen LogP contribution in [0.15, 0.2) is 48.5 Å². The van der Waals surface area contributed by atoms with E-state index < -0.39 is 0 Å². The van der Waals surface area contributed by atoms with Gasteiger partial charge in [0.1, 0.15) is 18.2 Å². The fraction of sp³-hybridized carbons (Fsp3) is 0.485. The van der Waals surface area contributed by atoms with Crippen LogP contribution >= 0.6 is 0 Å². The minimum Gasteiger partial charge on any atom is -0.492 e. The Bertz CT molecular complexity index is 1440. The van der Waals surface area contributed by atoms with Crippen LogP contribution in [0.25, 0.3) is 5.69 Å². The van der Waals surface area contributed by atoms with Gasteiger partial charge in [0.25, 0.3) is 0 Å². The smallest absolute Gasteiger partial charge is 0.324 e. The monoisotopic (exact) mass is 570 g/mol. The van der Waals surface area contributed by atoms with Crippen LogP contribution in [0.5, 0.6) is 5.75 Å². The molecule has 1 aromatic heterocycles. The van der Waals surface area contributed by atoms with Gasteiger partial charge in [-0.05, 0) is 73.4 Å². The number of rotatable bonds is 9. The van der Waals surface area contributed by atoms with Crippen LogP contribution in [-0.4, -0.2) is 70.8 Å². The number of anilines is 2. The van der Waals surface area contributed by atoms with Gasteiger partial charge in [0, 0.05) is 43.3 Å². The van der Waals surface area contributed by atoms with Crippen molar-refractivity contribution >= 4 is 23.4 Å². The van der Waals surface area contributed by atoms with Gasteiger partial charge in [-0.1, -0.05) is 39.0 Å². The van der Waals surface area contributed by atoms with E-state index in [2.05, 4.69) is 36.3 Å². The lowest BCUT2D eigenvalue weighted by Crippen LogP contribution is -2.51. The number of carbonyl (C=O) groups is 2. The van der Waals surface area contributed by atoms with Crippen LogP contribution < -0.4 is 15.4 Å². The van der Waals surface area contributed by atoms with E-state index >= 15 is 0 Å². The molecule has 9 nitrogen and oxygen atoms in total. The summed E-state index contributed by atoms with van der Waals surface area (Å²) in [5.41, 5.74) is 4.74. The lowest BCUT2D eigenvalue weighted by molar-refractivity contribution is -0.136. The zero-order chi connectivity index (χ0) is 29.3. The summed E-state index contributed by atoms with van der Waals surface area (Å²) in [6, 6.07) is 15.4. The number of aromatic nitrogens is 2. The Kier molecular flexibility index (Phi) is 7.94. The molecule has 0 spiro atoms. The molecule has 42 heavy (non-hydrogen) atoms. The number of benzene rings is 2. The van der Waals surface area contributed by atoms with E-state index in [4.69, 9.17) is 9.84 Å². The molecular formula is C33H42N6O3. The number of nitrogens with one attached hydrogen (secondary N) is 2. The van der Waals surface area contributed by atoms with Crippen LogP contribution in [0.3, 0.4) is 0 Å². The number of carbonyl (C=O) groups excluding carboxylic acids is 2. The number of piperazine rings is 1. The molecule has 2 aromatic carbocycles. The Labute approximate surface area is 248 Å². The first-order valence-electron chi connectivity index (χ1n) is 15.3. The van der Waals surface area contributed by atoms with E-state index in [9.17, 15) is 9.59 Å². The molecule has 0 unspecified atom stereocenters. The van der Waals surface area contributed by atoms with Crippen molar-refractivity contribution in [2.75, 3.05) is 50.0 Å². The number of nitrogens with zero attached hydrogens (tertiary/aromatic N) is 4. The molecule has 2 aliphatic carbocycles. The Morgan fingerprint density at radius 1 is 1.02 bits per heavy atom. The van der Waals surface area contributed by atoms with Gasteiger partial charge in [-0.2, -0.15) is 5.10 Å². The minimum absolute atomic E-state index is 0.163. The topological polar surface area (TPSA) is 91.7 Å². The third-order valence-corrected chi connectivity index (χ3v) is 8.45. The van der Waals surface area contributed by atoms with Crippen LogP contribution in [-0.2, 0) is 23.1 Å². The summed E-state index contributed by atoms with van der Waals surface area (Å²) >= 11 is 0. The number of para-hydroxylation sites is 1. The van der Waals surface area contributed by atoms with Crippen molar-refractivity contribution in [1.29, 1.82) is 0 Å². The number of hydrogen-bond donors (Lipinski definition) is 2. The molecule has 2 fully saturated rings. The maximum atomic E-state index is 13.2. The number of hydrogen-bond acceptors (Lipinski definition) is 5. The Morgan fingerprint density at radius 3 is 2.55 bits per heavy atom. The Morgan fingerprint density at radius 2 is 1.81 bits per heavy atom. The average molecular weight is 571 g/mol. The van der Waals surface area contributed by atoms with Crippen LogP contribution in [0.2, 0.25) is 0 Å². The quantitative estimate of drug-likeness (QED) is 0.367. The number of ether oxygens (including phenoxy) is 1. The summed E-state index contributed by atoms with van der Waals surface area (Å²) in [4.78, 5) is 30.0. The third kappa shape index (κ3) is 6.46. The zero-order valence-corrected chi connectivity index (χ0v) is 25.0. The molecule has 3 amide bonds. The van der Waals surface area contributed by atoms with Crippen molar-refractivity contribution in [3.8, 4) is 11.4 Å². The van der Waals surface area contributed by atoms with Gasteiger partial charge >= 0.3 is 6.03 Å². The molecule has 2 heterocycles. The molecule has 3 aliphatic rings. The molecule has 1 saturated heterocycles. The van der Waals surface area contributed by atoms with Gasteiger partial charge in [0.05, 0.1) is 17.9 Å². The van der Waals surface area contributed by atoms with Crippen LogP contribution in [0.1, 0.15) is 56.9 Å². The molecule has 1 aliphatic heterocycles. The first kappa shape index (κ1) is 28.3. The Hall–Kier alpha value is -3.85. The van der Waals surface area contributed by atoms with Crippen molar-refractivity contribution < 1.29 is 14.3 Å². The van der Waals surface area contributed by atoms with Crippen molar-refractivity contribution in [3.63, 3.8) is 0 Å². The third-order valence-electron chi connectivity index (χ3n) is 8.45. The van der Waals surface area contributed by atoms with Crippen molar-refractivity contribution in [3.05, 3.63) is 65.4 Å². The average Bonchev–Trinajstić information content (AvgIpc) is 3.45. The first-order valence-corrected chi connectivity index (χ1v) is 15.3. The molecule has 3 aromatic rings. The minimum atomic E-state index is -0.305. The highest BCUT2D eigenvalue weighted by Gasteiger charge is 2.30. The molecule has 0 atom stereocenters. The van der Waals surface area contributed by atoms with E-state index in [1.165, 1.54) is 18.4 Å². The predicted molar refractivity (Wildman–Crippen MR) is 165 cm³/mol. The maximum Gasteiger partial charge on any atom is 0.324 e. The molecule has 0 bridgehead atoms. The Balaban J connectivity index is 1.08. The number of fused-ring (bicyclic) bond motifs is 1. The molecule has 2 N–H and O–H groups in total. The van der Waals surface area contributed by atoms with Gasteiger partial charge in [-0.25, -0.2) is 9.48 Å². The molecular weight excluding hydrogens is 528 g/mol.